The molecule has 0 radical (unpaired) electrons. The Hall–Kier alpha value is -3.23. The van der Waals surface area contributed by atoms with Crippen LogP contribution in [0.2, 0.25) is 0 Å². The number of alkyl halides is 3. The summed E-state index contributed by atoms with van der Waals surface area (Å²) < 4.78 is 52.2. The van der Waals surface area contributed by atoms with Crippen LogP contribution in [0.5, 0.6) is 0 Å². The van der Waals surface area contributed by atoms with Crippen molar-refractivity contribution in [3.63, 3.8) is 0 Å². The Kier molecular flexibility index (Phi) is 4.93. The molecule has 9 heteroatoms. The number of benzene rings is 1. The van der Waals surface area contributed by atoms with E-state index in [1.54, 1.807) is 0 Å². The molecular weight excluding hydrogens is 364 g/mol. The Balaban J connectivity index is 1.85. The third-order valence-electron chi connectivity index (χ3n) is 3.81. The maximum absolute atomic E-state index is 14.1. The van der Waals surface area contributed by atoms with Crippen LogP contribution in [0.1, 0.15) is 17.7 Å². The summed E-state index contributed by atoms with van der Waals surface area (Å²) in [5.74, 6) is -1.38. The lowest BCUT2D eigenvalue weighted by atomic mass is 10.1. The first-order valence-electron chi connectivity index (χ1n) is 7.89. The third kappa shape index (κ3) is 4.30. The average molecular weight is 378 g/mol. The molecule has 0 saturated carbocycles. The molecule has 0 aliphatic carbocycles. The third-order valence-corrected chi connectivity index (χ3v) is 3.81. The molecule has 1 amide bonds. The summed E-state index contributed by atoms with van der Waals surface area (Å²) in [4.78, 5) is 19.4. The molecule has 0 spiro atoms. The smallest absolute Gasteiger partial charge is 0.357 e. The van der Waals surface area contributed by atoms with Crippen LogP contribution in [0, 0.1) is 5.82 Å². The molecule has 3 rings (SSSR count). The van der Waals surface area contributed by atoms with E-state index in [-0.39, 0.29) is 17.3 Å². The average Bonchev–Trinajstić information content (AvgIpc) is 2.61. The number of nitrogens with zero attached hydrogens (tertiary/aromatic N) is 2. The van der Waals surface area contributed by atoms with Gasteiger partial charge in [0, 0.05) is 30.9 Å². The van der Waals surface area contributed by atoms with Gasteiger partial charge in [0.2, 0.25) is 5.91 Å². The number of carbonyl (C=O) groups excluding carboxylic acids is 1. The van der Waals surface area contributed by atoms with Gasteiger partial charge in [-0.15, -0.1) is 0 Å². The van der Waals surface area contributed by atoms with Gasteiger partial charge in [0.15, 0.2) is 5.82 Å². The van der Waals surface area contributed by atoms with Crippen LogP contribution in [0.3, 0.4) is 0 Å². The van der Waals surface area contributed by atoms with Gasteiger partial charge in [-0.3, -0.25) is 4.79 Å². The first-order chi connectivity index (χ1) is 12.7. The van der Waals surface area contributed by atoms with Gasteiger partial charge >= 0.3 is 6.18 Å². The van der Waals surface area contributed by atoms with Crippen LogP contribution in [-0.4, -0.2) is 22.4 Å². The monoisotopic (exact) mass is 378 g/mol. The van der Waals surface area contributed by atoms with Crippen LogP contribution < -0.4 is 10.6 Å². The Morgan fingerprint density at radius 2 is 2.04 bits per heavy atom. The highest BCUT2D eigenvalue weighted by Crippen LogP contribution is 2.32. The van der Waals surface area contributed by atoms with E-state index in [4.69, 9.17) is 0 Å². The predicted molar refractivity (Wildman–Crippen MR) is 90.3 cm³/mol. The van der Waals surface area contributed by atoms with Crippen LogP contribution >= 0.6 is 0 Å². The molecule has 2 N–H and O–H groups in total. The van der Waals surface area contributed by atoms with E-state index in [0.717, 1.165) is 12.1 Å². The van der Waals surface area contributed by atoms with Crippen molar-refractivity contribution in [2.75, 3.05) is 6.54 Å². The largest absolute Gasteiger partial charge is 0.416 e. The highest BCUT2D eigenvalue weighted by Gasteiger charge is 2.31. The zero-order valence-electron chi connectivity index (χ0n) is 13.9. The van der Waals surface area contributed by atoms with Crippen molar-refractivity contribution >= 4 is 11.6 Å². The van der Waals surface area contributed by atoms with Gasteiger partial charge in [0.1, 0.15) is 5.82 Å². The molecule has 0 bridgehead atoms. The minimum Gasteiger partial charge on any atom is -0.357 e. The molecule has 27 heavy (non-hydrogen) atoms. The summed E-state index contributed by atoms with van der Waals surface area (Å²) in [6.07, 6.45) is -1.31. The lowest BCUT2D eigenvalue weighted by molar-refractivity contribution is -0.137. The lowest BCUT2D eigenvalue weighted by Crippen LogP contribution is -2.30. The molecule has 2 heterocycles. The molecule has 0 unspecified atom stereocenters. The Morgan fingerprint density at radius 1 is 1.26 bits per heavy atom. The number of halogens is 4. The molecule has 5 nitrogen and oxygen atoms in total. The second kappa shape index (κ2) is 7.18. The SMILES string of the molecule is C=C(NC1=CC(=O)NCC1)c1ccnc(-c2ccc(C(F)(F)F)cc2F)n1. The Morgan fingerprint density at radius 3 is 2.70 bits per heavy atom. The fourth-order valence-corrected chi connectivity index (χ4v) is 2.49. The summed E-state index contributed by atoms with van der Waals surface area (Å²) >= 11 is 0. The van der Waals surface area contributed by atoms with Crippen molar-refractivity contribution in [2.45, 2.75) is 12.6 Å². The minimum absolute atomic E-state index is 0.0722. The number of hydrogen-bond acceptors (Lipinski definition) is 4. The first-order valence-corrected chi connectivity index (χ1v) is 7.89. The molecule has 2 aromatic rings. The van der Waals surface area contributed by atoms with E-state index in [1.807, 2.05) is 0 Å². The van der Waals surface area contributed by atoms with Gasteiger partial charge in [-0.1, -0.05) is 6.58 Å². The fourth-order valence-electron chi connectivity index (χ4n) is 2.49. The van der Waals surface area contributed by atoms with Crippen molar-refractivity contribution in [3.05, 3.63) is 65.9 Å². The summed E-state index contributed by atoms with van der Waals surface area (Å²) in [6.45, 7) is 4.31. The number of nitrogens with one attached hydrogen (secondary N) is 2. The number of aromatic nitrogens is 2. The van der Waals surface area contributed by atoms with E-state index >= 15 is 0 Å². The minimum atomic E-state index is -4.64. The van der Waals surface area contributed by atoms with Gasteiger partial charge in [0.25, 0.3) is 0 Å². The van der Waals surface area contributed by atoms with Crippen molar-refractivity contribution < 1.29 is 22.4 Å². The molecular formula is C18H14F4N4O. The topological polar surface area (TPSA) is 66.9 Å². The van der Waals surface area contributed by atoms with Gasteiger partial charge < -0.3 is 10.6 Å². The number of hydrogen-bond donors (Lipinski definition) is 2. The van der Waals surface area contributed by atoms with Crippen molar-refractivity contribution in [3.8, 4) is 11.4 Å². The molecule has 1 aliphatic rings. The zero-order chi connectivity index (χ0) is 19.6. The van der Waals surface area contributed by atoms with Crippen LogP contribution in [0.25, 0.3) is 17.1 Å². The maximum Gasteiger partial charge on any atom is 0.416 e. The number of rotatable bonds is 4. The number of amides is 1. The van der Waals surface area contributed by atoms with Crippen molar-refractivity contribution in [1.82, 2.24) is 20.6 Å². The standard InChI is InChI=1S/C18H14F4N4O/c1-10(25-12-4-6-23-16(27)9-12)15-5-7-24-17(26-15)13-3-2-11(8-14(13)19)18(20,21)22/h2-3,5,7-9,25H,1,4,6H2,(H,23,27). The van der Waals surface area contributed by atoms with E-state index in [0.29, 0.717) is 36.1 Å². The highest BCUT2D eigenvalue weighted by atomic mass is 19.4. The summed E-state index contributed by atoms with van der Waals surface area (Å²) in [6, 6.07) is 3.68. The van der Waals surface area contributed by atoms with Crippen LogP contribution in [-0.2, 0) is 11.0 Å². The predicted octanol–water partition coefficient (Wildman–Crippen LogP) is 3.27. The van der Waals surface area contributed by atoms with E-state index < -0.39 is 17.6 Å². The lowest BCUT2D eigenvalue weighted by Gasteiger charge is -2.17. The molecule has 1 aliphatic heterocycles. The molecule has 0 atom stereocenters. The van der Waals surface area contributed by atoms with Gasteiger partial charge in [-0.2, -0.15) is 13.2 Å². The van der Waals surface area contributed by atoms with Gasteiger partial charge in [-0.05, 0) is 24.3 Å². The van der Waals surface area contributed by atoms with Crippen molar-refractivity contribution in [1.29, 1.82) is 0 Å². The van der Waals surface area contributed by atoms with Crippen LogP contribution in [0.15, 0.2) is 48.8 Å². The number of carbonyl (C=O) groups is 1. The second-order valence-corrected chi connectivity index (χ2v) is 5.77. The van der Waals surface area contributed by atoms with Crippen molar-refractivity contribution in [2.24, 2.45) is 0 Å². The Labute approximate surface area is 151 Å². The van der Waals surface area contributed by atoms with Gasteiger partial charge in [0.05, 0.1) is 22.5 Å². The van der Waals surface area contributed by atoms with E-state index in [9.17, 15) is 22.4 Å². The Bertz CT molecular complexity index is 937. The molecule has 140 valence electrons. The molecule has 1 aromatic heterocycles. The van der Waals surface area contributed by atoms with E-state index in [1.165, 1.54) is 18.3 Å². The second-order valence-electron chi connectivity index (χ2n) is 5.77. The zero-order valence-corrected chi connectivity index (χ0v) is 13.9. The van der Waals surface area contributed by atoms with E-state index in [2.05, 4.69) is 27.2 Å². The summed E-state index contributed by atoms with van der Waals surface area (Å²) in [5.41, 5.74) is 0.0742. The fraction of sp³-hybridized carbons (Fsp3) is 0.167. The molecule has 0 saturated heterocycles. The molecule has 0 fully saturated rings. The summed E-state index contributed by atoms with van der Waals surface area (Å²) in [5, 5.41) is 5.61. The molecule has 1 aromatic carbocycles. The van der Waals surface area contributed by atoms with Gasteiger partial charge in [-0.25, -0.2) is 14.4 Å². The van der Waals surface area contributed by atoms with Crippen LogP contribution in [0.4, 0.5) is 17.6 Å². The highest BCUT2D eigenvalue weighted by molar-refractivity contribution is 5.89. The maximum atomic E-state index is 14.1. The summed E-state index contributed by atoms with van der Waals surface area (Å²) in [7, 11) is 0. The quantitative estimate of drug-likeness (QED) is 0.802. The normalized spacial score (nSPS) is 14.4. The first kappa shape index (κ1) is 18.6.